The molecule has 3 heteroatoms. The predicted octanol–water partition coefficient (Wildman–Crippen LogP) is 3.35. The molecule has 2 rings (SSSR count). The van der Waals surface area contributed by atoms with Gasteiger partial charge in [-0.05, 0) is 35.4 Å². The molecule has 1 aliphatic heterocycles. The van der Waals surface area contributed by atoms with Gasteiger partial charge < -0.3 is 11.1 Å². The molecule has 0 bridgehead atoms. The average molecular weight is 260 g/mol. The van der Waals surface area contributed by atoms with Gasteiger partial charge in [-0.25, -0.2) is 0 Å². The third-order valence-electron chi connectivity index (χ3n) is 4.04. The molecule has 1 aromatic carbocycles. The van der Waals surface area contributed by atoms with Gasteiger partial charge in [0, 0.05) is 11.7 Å². The first-order chi connectivity index (χ1) is 8.75. The van der Waals surface area contributed by atoms with Gasteiger partial charge in [-0.3, -0.25) is 4.79 Å². The highest BCUT2D eigenvalue weighted by Gasteiger charge is 2.33. The van der Waals surface area contributed by atoms with Crippen molar-refractivity contribution in [3.8, 4) is 0 Å². The number of nitrogens with two attached hydrogens (primary N) is 1. The highest BCUT2D eigenvalue weighted by atomic mass is 16.2. The number of fused-ring (bicyclic) bond motifs is 1. The molecule has 0 saturated carbocycles. The molecule has 0 aromatic heterocycles. The van der Waals surface area contributed by atoms with Crippen LogP contribution in [0.15, 0.2) is 12.1 Å². The fourth-order valence-corrected chi connectivity index (χ4v) is 2.53. The van der Waals surface area contributed by atoms with Gasteiger partial charge in [-0.1, -0.05) is 39.8 Å². The Balaban J connectivity index is 2.59. The van der Waals surface area contributed by atoms with Crippen LogP contribution in [-0.4, -0.2) is 5.91 Å². The summed E-state index contributed by atoms with van der Waals surface area (Å²) >= 11 is 0. The van der Waals surface area contributed by atoms with Crippen LogP contribution in [-0.2, 0) is 11.2 Å². The predicted molar refractivity (Wildman–Crippen MR) is 79.2 cm³/mol. The Labute approximate surface area is 115 Å². The number of hydrogen-bond acceptors (Lipinski definition) is 2. The minimum Gasteiger partial charge on any atom is -0.325 e. The van der Waals surface area contributed by atoms with Gasteiger partial charge in [0.15, 0.2) is 0 Å². The summed E-state index contributed by atoms with van der Waals surface area (Å²) in [4.78, 5) is 11.9. The second-order valence-electron chi connectivity index (χ2n) is 6.56. The number of aryl methyl sites for hydroxylation is 1. The third kappa shape index (κ3) is 2.39. The highest BCUT2D eigenvalue weighted by molar-refractivity contribution is 6.03. The van der Waals surface area contributed by atoms with Crippen LogP contribution in [0.3, 0.4) is 0 Å². The van der Waals surface area contributed by atoms with E-state index in [1.54, 1.807) is 0 Å². The first kappa shape index (κ1) is 14.1. The van der Waals surface area contributed by atoms with Crippen molar-refractivity contribution in [2.75, 3.05) is 5.32 Å². The summed E-state index contributed by atoms with van der Waals surface area (Å²) in [5, 5.41) is 3.00. The third-order valence-corrected chi connectivity index (χ3v) is 4.04. The molecule has 0 aliphatic carbocycles. The van der Waals surface area contributed by atoms with Crippen LogP contribution in [0, 0.1) is 5.41 Å². The number of hydrogen-bond donors (Lipinski definition) is 2. The van der Waals surface area contributed by atoms with E-state index >= 15 is 0 Å². The van der Waals surface area contributed by atoms with Gasteiger partial charge in [0.05, 0.1) is 5.92 Å². The van der Waals surface area contributed by atoms with Gasteiger partial charge in [-0.15, -0.1) is 0 Å². The molecule has 1 amide bonds. The average Bonchev–Trinajstić information content (AvgIpc) is 2.62. The van der Waals surface area contributed by atoms with Crippen molar-refractivity contribution >= 4 is 11.6 Å². The molecule has 2 atom stereocenters. The summed E-state index contributed by atoms with van der Waals surface area (Å²) in [6, 6.07) is 4.20. The van der Waals surface area contributed by atoms with Crippen molar-refractivity contribution in [2.24, 2.45) is 11.1 Å². The van der Waals surface area contributed by atoms with E-state index in [1.807, 2.05) is 6.92 Å². The molecule has 3 N–H and O–H groups in total. The monoisotopic (exact) mass is 260 g/mol. The number of nitrogens with one attached hydrogen (secondary N) is 1. The molecule has 1 heterocycles. The summed E-state index contributed by atoms with van der Waals surface area (Å²) in [6.07, 6.45) is 0.956. The number of benzene rings is 1. The minimum atomic E-state index is -0.0849. The molecule has 3 nitrogen and oxygen atoms in total. The molecule has 1 aliphatic rings. The van der Waals surface area contributed by atoms with Crippen LogP contribution in [0.5, 0.6) is 0 Å². The molecule has 0 spiro atoms. The van der Waals surface area contributed by atoms with Crippen LogP contribution in [0.25, 0.3) is 0 Å². The Kier molecular flexibility index (Phi) is 3.43. The number of carbonyl (C=O) groups is 1. The van der Waals surface area contributed by atoms with Crippen molar-refractivity contribution in [1.82, 2.24) is 0 Å². The van der Waals surface area contributed by atoms with Gasteiger partial charge in [0.25, 0.3) is 0 Å². The van der Waals surface area contributed by atoms with E-state index in [0.29, 0.717) is 0 Å². The first-order valence-electron chi connectivity index (χ1n) is 6.98. The maximum atomic E-state index is 11.9. The van der Waals surface area contributed by atoms with Crippen molar-refractivity contribution in [3.05, 3.63) is 28.8 Å². The van der Waals surface area contributed by atoms with Crippen molar-refractivity contribution in [1.29, 1.82) is 0 Å². The molecule has 1 aromatic rings. The SMILES string of the molecule is CCc1cc2c(c(C(N)C(C)(C)C)c1)NC(=O)C2C. The van der Waals surface area contributed by atoms with E-state index < -0.39 is 0 Å². The van der Waals surface area contributed by atoms with E-state index in [4.69, 9.17) is 5.73 Å². The topological polar surface area (TPSA) is 55.1 Å². The van der Waals surface area contributed by atoms with E-state index in [-0.39, 0.29) is 23.3 Å². The summed E-state index contributed by atoms with van der Waals surface area (Å²) in [6.45, 7) is 10.5. The largest absolute Gasteiger partial charge is 0.325 e. The van der Waals surface area contributed by atoms with Gasteiger partial charge in [0.1, 0.15) is 0 Å². The van der Waals surface area contributed by atoms with Crippen LogP contribution < -0.4 is 11.1 Å². The lowest BCUT2D eigenvalue weighted by molar-refractivity contribution is -0.116. The molecule has 19 heavy (non-hydrogen) atoms. The first-order valence-corrected chi connectivity index (χ1v) is 6.98. The second kappa shape index (κ2) is 4.64. The van der Waals surface area contributed by atoms with Crippen molar-refractivity contribution in [3.63, 3.8) is 0 Å². The quantitative estimate of drug-likeness (QED) is 0.856. The number of carbonyl (C=O) groups excluding carboxylic acids is 1. The standard InChI is InChI=1S/C16H24N2O/c1-6-10-7-11-9(2)15(19)18-13(11)12(8-10)14(17)16(3,4)5/h7-9,14H,6,17H2,1-5H3,(H,18,19). The Morgan fingerprint density at radius 2 is 2.00 bits per heavy atom. The van der Waals surface area contributed by atoms with Gasteiger partial charge in [-0.2, -0.15) is 0 Å². The molecule has 0 radical (unpaired) electrons. The minimum absolute atomic E-state index is 0.0311. The van der Waals surface area contributed by atoms with E-state index in [2.05, 4.69) is 45.1 Å². The van der Waals surface area contributed by atoms with Crippen LogP contribution in [0.2, 0.25) is 0 Å². The van der Waals surface area contributed by atoms with Crippen molar-refractivity contribution in [2.45, 2.75) is 53.0 Å². The fraction of sp³-hybridized carbons (Fsp3) is 0.562. The Morgan fingerprint density at radius 3 is 2.53 bits per heavy atom. The summed E-state index contributed by atoms with van der Waals surface area (Å²) in [7, 11) is 0. The molecule has 2 unspecified atom stereocenters. The van der Waals surface area contributed by atoms with Crippen LogP contribution in [0.1, 0.15) is 63.3 Å². The van der Waals surface area contributed by atoms with E-state index in [1.165, 1.54) is 5.56 Å². The van der Waals surface area contributed by atoms with E-state index in [9.17, 15) is 4.79 Å². The number of anilines is 1. The normalized spacial score (nSPS) is 20.1. The lowest BCUT2D eigenvalue weighted by Crippen LogP contribution is -2.27. The zero-order valence-electron chi connectivity index (χ0n) is 12.5. The summed E-state index contributed by atoms with van der Waals surface area (Å²) in [5.74, 6) is -0.00182. The van der Waals surface area contributed by atoms with E-state index in [0.717, 1.165) is 23.2 Å². The maximum absolute atomic E-state index is 11.9. The number of rotatable bonds is 2. The summed E-state index contributed by atoms with van der Waals surface area (Å²) < 4.78 is 0. The lowest BCUT2D eigenvalue weighted by Gasteiger charge is -2.29. The van der Waals surface area contributed by atoms with Gasteiger partial charge in [0.2, 0.25) is 5.91 Å². The zero-order chi connectivity index (χ0) is 14.4. The smallest absolute Gasteiger partial charge is 0.231 e. The van der Waals surface area contributed by atoms with Crippen molar-refractivity contribution < 1.29 is 4.79 Å². The molecule has 0 fully saturated rings. The van der Waals surface area contributed by atoms with Crippen LogP contribution in [0.4, 0.5) is 5.69 Å². The second-order valence-corrected chi connectivity index (χ2v) is 6.56. The Morgan fingerprint density at radius 1 is 1.37 bits per heavy atom. The molecular formula is C16H24N2O. The molecule has 104 valence electrons. The zero-order valence-corrected chi connectivity index (χ0v) is 12.5. The molecule has 0 saturated heterocycles. The number of amides is 1. The fourth-order valence-electron chi connectivity index (χ4n) is 2.53. The van der Waals surface area contributed by atoms with Gasteiger partial charge >= 0.3 is 0 Å². The highest BCUT2D eigenvalue weighted by Crippen LogP contribution is 2.42. The Hall–Kier alpha value is -1.35. The van der Waals surface area contributed by atoms with Crippen LogP contribution >= 0.6 is 0 Å². The summed E-state index contributed by atoms with van der Waals surface area (Å²) in [5.41, 5.74) is 10.7. The molecular weight excluding hydrogens is 236 g/mol. The Bertz CT molecular complexity index is 514. The lowest BCUT2D eigenvalue weighted by atomic mass is 9.80. The maximum Gasteiger partial charge on any atom is 0.231 e.